The van der Waals surface area contributed by atoms with Gasteiger partial charge in [0.2, 0.25) is 5.75 Å². The molecule has 0 saturated carbocycles. The van der Waals surface area contributed by atoms with E-state index in [1.807, 2.05) is 0 Å². The lowest BCUT2D eigenvalue weighted by Crippen LogP contribution is -2.14. The third-order valence-electron chi connectivity index (χ3n) is 4.96. The Bertz CT molecular complexity index is 1530. The van der Waals surface area contributed by atoms with Crippen molar-refractivity contribution in [1.29, 1.82) is 5.26 Å². The molecule has 12 heteroatoms. The van der Waals surface area contributed by atoms with Crippen molar-refractivity contribution in [1.82, 2.24) is 0 Å². The number of nitriles is 1. The summed E-state index contributed by atoms with van der Waals surface area (Å²) >= 11 is 6.30. The summed E-state index contributed by atoms with van der Waals surface area (Å²) < 4.78 is 75.1. The number of anilines is 1. The van der Waals surface area contributed by atoms with Gasteiger partial charge in [0.1, 0.15) is 16.5 Å². The first-order chi connectivity index (χ1) is 17.8. The Morgan fingerprint density at radius 1 is 1.13 bits per heavy atom. The second-order valence-corrected chi connectivity index (χ2v) is 9.77. The zero-order valence-electron chi connectivity index (χ0n) is 20.0. The monoisotopic (exact) mass is 564 g/mol. The average molecular weight is 565 g/mol. The Morgan fingerprint density at radius 2 is 1.82 bits per heavy atom. The number of carbonyl (C=O) groups excluding carboxylic acids is 1. The van der Waals surface area contributed by atoms with E-state index >= 15 is 0 Å². The number of hydrogen-bond acceptors (Lipinski definition) is 6. The van der Waals surface area contributed by atoms with Crippen LogP contribution in [0.25, 0.3) is 6.08 Å². The Hall–Kier alpha value is -4.01. The highest BCUT2D eigenvalue weighted by Crippen LogP contribution is 2.39. The zero-order valence-corrected chi connectivity index (χ0v) is 21.5. The van der Waals surface area contributed by atoms with Gasteiger partial charge in [0.05, 0.1) is 17.2 Å². The normalized spacial score (nSPS) is 12.0. The first-order valence-corrected chi connectivity index (χ1v) is 12.7. The van der Waals surface area contributed by atoms with Gasteiger partial charge in [0.25, 0.3) is 5.91 Å². The smallest absolute Gasteiger partial charge is 0.416 e. The molecule has 0 fully saturated rings. The largest absolute Gasteiger partial charge is 0.490 e. The van der Waals surface area contributed by atoms with Gasteiger partial charge < -0.3 is 14.2 Å². The van der Waals surface area contributed by atoms with E-state index in [0.29, 0.717) is 0 Å². The second-order valence-electron chi connectivity index (χ2n) is 7.82. The molecular formula is C26H20ClF3N2O5S. The van der Waals surface area contributed by atoms with Gasteiger partial charge in [-0.15, -0.1) is 0 Å². The maximum absolute atomic E-state index is 13.0. The topological polar surface area (TPSA) is 105 Å². The molecule has 0 aliphatic carbocycles. The third-order valence-corrected chi connectivity index (χ3v) is 6.47. The Balaban J connectivity index is 1.92. The molecule has 7 nitrogen and oxygen atoms in total. The quantitative estimate of drug-likeness (QED) is 0.193. The number of ether oxygens (including phenoxy) is 1. The minimum atomic E-state index is -4.61. The molecule has 0 bridgehead atoms. The lowest BCUT2D eigenvalue weighted by molar-refractivity contribution is -0.137. The first kappa shape index (κ1) is 28.6. The Morgan fingerprint density at radius 3 is 2.42 bits per heavy atom. The van der Waals surface area contributed by atoms with E-state index in [9.17, 15) is 31.6 Å². The van der Waals surface area contributed by atoms with Gasteiger partial charge in [-0.05, 0) is 68.0 Å². The van der Waals surface area contributed by atoms with E-state index in [1.54, 1.807) is 32.0 Å². The van der Waals surface area contributed by atoms with Crippen molar-refractivity contribution in [3.8, 4) is 17.6 Å². The fraction of sp³-hybridized carbons (Fsp3) is 0.154. The summed E-state index contributed by atoms with van der Waals surface area (Å²) in [4.78, 5) is 12.5. The van der Waals surface area contributed by atoms with Crippen molar-refractivity contribution >= 4 is 39.4 Å². The van der Waals surface area contributed by atoms with Gasteiger partial charge in [-0.3, -0.25) is 4.79 Å². The molecule has 0 atom stereocenters. The van der Waals surface area contributed by atoms with Crippen LogP contribution in [-0.4, -0.2) is 20.9 Å². The van der Waals surface area contributed by atoms with E-state index in [0.717, 1.165) is 29.8 Å². The average Bonchev–Trinajstić information content (AvgIpc) is 2.84. The van der Waals surface area contributed by atoms with Crippen LogP contribution in [0.3, 0.4) is 0 Å². The maximum atomic E-state index is 13.0. The number of alkyl halides is 3. The van der Waals surface area contributed by atoms with Crippen LogP contribution < -0.4 is 14.2 Å². The summed E-state index contributed by atoms with van der Waals surface area (Å²) in [5, 5.41) is 11.5. The molecule has 0 aromatic heterocycles. The number of halogens is 4. The molecule has 3 aromatic carbocycles. The predicted octanol–water partition coefficient (Wildman–Crippen LogP) is 6.38. The van der Waals surface area contributed by atoms with Crippen molar-refractivity contribution in [3.63, 3.8) is 0 Å². The van der Waals surface area contributed by atoms with Crippen molar-refractivity contribution in [2.75, 3.05) is 11.9 Å². The van der Waals surface area contributed by atoms with Crippen LogP contribution in [0.1, 0.15) is 23.6 Å². The molecule has 0 unspecified atom stereocenters. The number of aryl methyl sites for hydroxylation is 1. The molecule has 1 amide bonds. The molecule has 0 aliphatic heterocycles. The number of benzene rings is 3. The van der Waals surface area contributed by atoms with Crippen LogP contribution in [0.2, 0.25) is 5.02 Å². The van der Waals surface area contributed by atoms with Gasteiger partial charge in [-0.1, -0.05) is 35.4 Å². The van der Waals surface area contributed by atoms with Crippen LogP contribution in [0.15, 0.2) is 71.1 Å². The lowest BCUT2D eigenvalue weighted by atomic mass is 10.1. The summed E-state index contributed by atoms with van der Waals surface area (Å²) in [5.74, 6) is -1.33. The SMILES string of the molecule is CCOc1cc(/C=C(\C#N)C(=O)Nc2cccc(C(F)(F)F)c2)cc(Cl)c1OS(=O)(=O)c1ccc(C)cc1. The molecule has 198 valence electrons. The summed E-state index contributed by atoms with van der Waals surface area (Å²) in [6, 6.07) is 14.1. The van der Waals surface area contributed by atoms with Crippen molar-refractivity contribution in [3.05, 3.63) is 87.9 Å². The van der Waals surface area contributed by atoms with Crippen molar-refractivity contribution in [2.24, 2.45) is 0 Å². The lowest BCUT2D eigenvalue weighted by Gasteiger charge is -2.14. The summed E-state index contributed by atoms with van der Waals surface area (Å²) in [6.45, 7) is 3.53. The zero-order chi connectivity index (χ0) is 28.1. The van der Waals surface area contributed by atoms with E-state index in [2.05, 4.69) is 5.32 Å². The van der Waals surface area contributed by atoms with E-state index in [-0.39, 0.29) is 39.3 Å². The van der Waals surface area contributed by atoms with Gasteiger partial charge >= 0.3 is 16.3 Å². The molecule has 1 N–H and O–H groups in total. The number of hydrogen-bond donors (Lipinski definition) is 1. The van der Waals surface area contributed by atoms with Crippen LogP contribution in [0.5, 0.6) is 11.5 Å². The summed E-state index contributed by atoms with van der Waals surface area (Å²) in [6.07, 6.45) is -3.49. The van der Waals surface area contributed by atoms with Crippen LogP contribution >= 0.6 is 11.6 Å². The van der Waals surface area contributed by atoms with Gasteiger partial charge in [-0.2, -0.15) is 26.9 Å². The number of amides is 1. The third kappa shape index (κ3) is 7.06. The van der Waals surface area contributed by atoms with Gasteiger partial charge in [0, 0.05) is 5.69 Å². The second kappa shape index (κ2) is 11.6. The molecule has 3 aromatic rings. The highest BCUT2D eigenvalue weighted by Gasteiger charge is 2.30. The molecule has 0 aliphatic rings. The van der Waals surface area contributed by atoms with E-state index in [1.165, 1.54) is 30.3 Å². The number of rotatable bonds is 8. The Labute approximate surface area is 222 Å². The van der Waals surface area contributed by atoms with E-state index in [4.69, 9.17) is 20.5 Å². The fourth-order valence-electron chi connectivity index (χ4n) is 3.16. The first-order valence-electron chi connectivity index (χ1n) is 10.9. The molecule has 0 spiro atoms. The molecule has 38 heavy (non-hydrogen) atoms. The van der Waals surface area contributed by atoms with Crippen LogP contribution in [0, 0.1) is 18.3 Å². The van der Waals surface area contributed by atoms with Crippen LogP contribution in [0.4, 0.5) is 18.9 Å². The van der Waals surface area contributed by atoms with Gasteiger partial charge in [-0.25, -0.2) is 0 Å². The van der Waals surface area contributed by atoms with Crippen LogP contribution in [-0.2, 0) is 21.1 Å². The van der Waals surface area contributed by atoms with Crippen molar-refractivity contribution < 1.29 is 35.3 Å². The standard InChI is InChI=1S/C26H20ClF3N2O5S/c1-3-36-23-13-17(12-22(27)24(23)37-38(34,35)21-9-7-16(2)8-10-21)11-18(15-31)25(33)32-20-6-4-5-19(14-20)26(28,29)30/h4-14H,3H2,1-2H3,(H,32,33)/b18-11+. The maximum Gasteiger partial charge on any atom is 0.416 e. The molecule has 0 saturated heterocycles. The molecule has 0 radical (unpaired) electrons. The van der Waals surface area contributed by atoms with E-state index < -0.39 is 33.3 Å². The predicted molar refractivity (Wildman–Crippen MR) is 135 cm³/mol. The Kier molecular flexibility index (Phi) is 8.70. The number of nitrogens with one attached hydrogen (secondary N) is 1. The number of carbonyl (C=O) groups is 1. The molecule has 0 heterocycles. The minimum absolute atomic E-state index is 0.0717. The number of nitrogens with zero attached hydrogens (tertiary/aromatic N) is 1. The highest BCUT2D eigenvalue weighted by molar-refractivity contribution is 7.87. The van der Waals surface area contributed by atoms with Crippen molar-refractivity contribution in [2.45, 2.75) is 24.9 Å². The fourth-order valence-corrected chi connectivity index (χ4v) is 4.43. The highest BCUT2D eigenvalue weighted by atomic mass is 35.5. The minimum Gasteiger partial charge on any atom is -0.490 e. The summed E-state index contributed by atoms with van der Waals surface area (Å²) in [5.41, 5.74) is -0.569. The summed E-state index contributed by atoms with van der Waals surface area (Å²) in [7, 11) is -4.27. The molecular weight excluding hydrogens is 545 g/mol. The van der Waals surface area contributed by atoms with Gasteiger partial charge in [0.15, 0.2) is 5.75 Å². The molecule has 3 rings (SSSR count).